The lowest BCUT2D eigenvalue weighted by Crippen LogP contribution is -2.40. The highest BCUT2D eigenvalue weighted by Gasteiger charge is 2.33. The van der Waals surface area contributed by atoms with Crippen molar-refractivity contribution in [3.8, 4) is 17.2 Å². The van der Waals surface area contributed by atoms with Crippen LogP contribution in [0, 0.1) is 0 Å². The largest absolute Gasteiger partial charge is 0.497 e. The minimum atomic E-state index is -0.772. The lowest BCUT2D eigenvalue weighted by atomic mass is 9.95. The van der Waals surface area contributed by atoms with Crippen LogP contribution in [0.2, 0.25) is 0 Å². The molecule has 1 aliphatic rings. The van der Waals surface area contributed by atoms with Crippen molar-refractivity contribution >= 4 is 35.0 Å². The van der Waals surface area contributed by atoms with Gasteiger partial charge in [0.05, 0.1) is 48.2 Å². The third kappa shape index (κ3) is 7.08. The zero-order valence-electron chi connectivity index (χ0n) is 28.0. The van der Waals surface area contributed by atoms with Gasteiger partial charge in [0.1, 0.15) is 12.4 Å². The monoisotopic (exact) mass is 689 g/mol. The summed E-state index contributed by atoms with van der Waals surface area (Å²) in [4.78, 5) is 45.5. The van der Waals surface area contributed by atoms with Crippen LogP contribution in [-0.2, 0) is 16.1 Å². The maximum absolute atomic E-state index is 14.4. The van der Waals surface area contributed by atoms with Gasteiger partial charge in [0.15, 0.2) is 16.3 Å². The average Bonchev–Trinajstić information content (AvgIpc) is 3.44. The SMILES string of the molecule is CCOC(=O)c1ccc(COc2c(/C=c3\sc4n(c3=O)[C@@H](c3cccc(OC)c3)C(C(=O)Nc3ccccc3)=C(C)N=4)cccc2OC)cc1. The number of para-hydroxylation sites is 2. The summed E-state index contributed by atoms with van der Waals surface area (Å²) in [5.41, 5.74) is 3.75. The number of thiazole rings is 1. The molecule has 254 valence electrons. The molecule has 4 aromatic carbocycles. The first-order chi connectivity index (χ1) is 24.3. The number of fused-ring (bicyclic) bond motifs is 1. The number of anilines is 1. The highest BCUT2D eigenvalue weighted by atomic mass is 32.1. The summed E-state index contributed by atoms with van der Waals surface area (Å²) in [7, 11) is 3.12. The second kappa shape index (κ2) is 15.1. The number of amides is 1. The molecule has 0 saturated carbocycles. The first-order valence-electron chi connectivity index (χ1n) is 15.9. The molecule has 10 nitrogen and oxygen atoms in total. The van der Waals surface area contributed by atoms with E-state index in [1.807, 2.05) is 54.6 Å². The van der Waals surface area contributed by atoms with E-state index in [1.54, 1.807) is 81.2 Å². The molecule has 1 aliphatic heterocycles. The van der Waals surface area contributed by atoms with E-state index in [2.05, 4.69) is 5.32 Å². The molecule has 0 aliphatic carbocycles. The van der Waals surface area contributed by atoms with Crippen LogP contribution < -0.4 is 34.4 Å². The number of aromatic nitrogens is 1. The zero-order valence-corrected chi connectivity index (χ0v) is 28.8. The third-order valence-electron chi connectivity index (χ3n) is 8.07. The molecule has 1 N–H and O–H groups in total. The number of nitrogens with one attached hydrogen (secondary N) is 1. The standard InChI is InChI=1S/C39H35N3O7S/c1-5-48-38(45)26-19-17-25(18-20-26)23-49-35-28(12-10-16-31(35)47-4)22-32-37(44)42-34(27-11-9-15-30(21-27)46-3)33(24(2)40-39(42)50-32)36(43)41-29-13-7-6-8-14-29/h6-22,34H,5,23H2,1-4H3,(H,41,43)/b32-22-/t34-/m0/s1. The van der Waals surface area contributed by atoms with Crippen LogP contribution in [-0.4, -0.2) is 37.3 Å². The van der Waals surface area contributed by atoms with E-state index in [-0.39, 0.29) is 24.0 Å². The van der Waals surface area contributed by atoms with Gasteiger partial charge in [-0.15, -0.1) is 0 Å². The number of ether oxygens (including phenoxy) is 4. The molecule has 1 aromatic heterocycles. The Hall–Kier alpha value is -5.94. The average molecular weight is 690 g/mol. The molecular formula is C39H35N3O7S. The van der Waals surface area contributed by atoms with Gasteiger partial charge in [-0.3, -0.25) is 14.2 Å². The summed E-state index contributed by atoms with van der Waals surface area (Å²) in [6.07, 6.45) is 1.75. The lowest BCUT2D eigenvalue weighted by Gasteiger charge is -2.25. The molecule has 0 fully saturated rings. The van der Waals surface area contributed by atoms with Crippen molar-refractivity contribution in [1.82, 2.24) is 4.57 Å². The molecule has 2 heterocycles. The topological polar surface area (TPSA) is 117 Å². The van der Waals surface area contributed by atoms with Crippen molar-refractivity contribution in [3.05, 3.63) is 150 Å². The Bertz CT molecular complexity index is 2260. The van der Waals surface area contributed by atoms with Crippen molar-refractivity contribution in [2.75, 3.05) is 26.1 Å². The normalized spacial score (nSPS) is 14.0. The number of rotatable bonds is 11. The van der Waals surface area contributed by atoms with Gasteiger partial charge >= 0.3 is 5.97 Å². The number of hydrogen-bond acceptors (Lipinski definition) is 9. The Balaban J connectivity index is 1.40. The van der Waals surface area contributed by atoms with Crippen molar-refractivity contribution in [2.24, 2.45) is 4.99 Å². The molecule has 0 bridgehead atoms. The Morgan fingerprint density at radius 1 is 0.940 bits per heavy atom. The maximum atomic E-state index is 14.4. The summed E-state index contributed by atoms with van der Waals surface area (Å²) in [5.74, 6) is 0.772. The summed E-state index contributed by atoms with van der Waals surface area (Å²) >= 11 is 1.22. The molecule has 5 aromatic rings. The van der Waals surface area contributed by atoms with Crippen LogP contribution >= 0.6 is 11.3 Å². The summed E-state index contributed by atoms with van der Waals surface area (Å²) in [6.45, 7) is 4.01. The fourth-order valence-electron chi connectivity index (χ4n) is 5.67. The second-order valence-electron chi connectivity index (χ2n) is 11.3. The summed E-state index contributed by atoms with van der Waals surface area (Å²) in [5, 5.41) is 2.97. The Labute approximate surface area is 292 Å². The van der Waals surface area contributed by atoms with Crippen LogP contribution in [0.1, 0.15) is 46.9 Å². The van der Waals surface area contributed by atoms with E-state index in [4.69, 9.17) is 23.9 Å². The van der Waals surface area contributed by atoms with E-state index in [1.165, 1.54) is 11.3 Å². The number of benzene rings is 4. The molecule has 11 heteroatoms. The molecule has 0 radical (unpaired) electrons. The van der Waals surface area contributed by atoms with Crippen LogP contribution in [0.3, 0.4) is 0 Å². The van der Waals surface area contributed by atoms with Crippen molar-refractivity contribution in [3.63, 3.8) is 0 Å². The van der Waals surface area contributed by atoms with Gasteiger partial charge in [0.2, 0.25) is 0 Å². The molecule has 50 heavy (non-hydrogen) atoms. The number of hydrogen-bond donors (Lipinski definition) is 1. The van der Waals surface area contributed by atoms with Crippen molar-refractivity contribution in [2.45, 2.75) is 26.5 Å². The van der Waals surface area contributed by atoms with E-state index < -0.39 is 6.04 Å². The number of allylic oxidation sites excluding steroid dienone is 1. The number of nitrogens with zero attached hydrogens (tertiary/aromatic N) is 2. The van der Waals surface area contributed by atoms with Crippen LogP contribution in [0.4, 0.5) is 5.69 Å². The third-order valence-corrected chi connectivity index (χ3v) is 9.05. The van der Waals surface area contributed by atoms with Gasteiger partial charge in [-0.05, 0) is 73.5 Å². The molecular weight excluding hydrogens is 655 g/mol. The fraction of sp³-hybridized carbons (Fsp3) is 0.179. The molecule has 6 rings (SSSR count). The molecule has 0 spiro atoms. The predicted octanol–water partition coefficient (Wildman–Crippen LogP) is 5.65. The summed E-state index contributed by atoms with van der Waals surface area (Å²) < 4.78 is 24.4. The second-order valence-corrected chi connectivity index (χ2v) is 12.3. The molecule has 0 saturated heterocycles. The Kier molecular flexibility index (Phi) is 10.2. The smallest absolute Gasteiger partial charge is 0.338 e. The van der Waals surface area contributed by atoms with Crippen LogP contribution in [0.25, 0.3) is 6.08 Å². The molecule has 1 atom stereocenters. The lowest BCUT2D eigenvalue weighted by molar-refractivity contribution is -0.113. The minimum absolute atomic E-state index is 0.181. The van der Waals surface area contributed by atoms with Crippen molar-refractivity contribution < 1.29 is 28.5 Å². The Morgan fingerprint density at radius 2 is 1.70 bits per heavy atom. The minimum Gasteiger partial charge on any atom is -0.497 e. The van der Waals surface area contributed by atoms with E-state index >= 15 is 0 Å². The molecule has 1 amide bonds. The zero-order chi connectivity index (χ0) is 35.2. The van der Waals surface area contributed by atoms with Gasteiger partial charge in [0.25, 0.3) is 11.5 Å². The number of carbonyl (C=O) groups is 2. The number of esters is 1. The number of methoxy groups -OCH3 is 2. The summed E-state index contributed by atoms with van der Waals surface area (Å²) in [6, 6.07) is 28.1. The molecule has 0 unspecified atom stereocenters. The predicted molar refractivity (Wildman–Crippen MR) is 192 cm³/mol. The first-order valence-corrected chi connectivity index (χ1v) is 16.7. The van der Waals surface area contributed by atoms with Crippen LogP contribution in [0.5, 0.6) is 17.2 Å². The van der Waals surface area contributed by atoms with Crippen molar-refractivity contribution in [1.29, 1.82) is 0 Å². The van der Waals surface area contributed by atoms with E-state index in [9.17, 15) is 14.4 Å². The quantitative estimate of drug-likeness (QED) is 0.178. The van der Waals surface area contributed by atoms with Gasteiger partial charge < -0.3 is 24.3 Å². The van der Waals surface area contributed by atoms with E-state index in [0.717, 1.165) is 5.56 Å². The maximum Gasteiger partial charge on any atom is 0.338 e. The van der Waals surface area contributed by atoms with Crippen LogP contribution in [0.15, 0.2) is 118 Å². The highest BCUT2D eigenvalue weighted by molar-refractivity contribution is 7.07. The fourth-order valence-corrected chi connectivity index (χ4v) is 6.71. The highest BCUT2D eigenvalue weighted by Crippen LogP contribution is 2.34. The number of carbonyl (C=O) groups excluding carboxylic acids is 2. The van der Waals surface area contributed by atoms with Gasteiger partial charge in [0, 0.05) is 11.3 Å². The van der Waals surface area contributed by atoms with Gasteiger partial charge in [-0.1, -0.05) is 65.9 Å². The van der Waals surface area contributed by atoms with Gasteiger partial charge in [-0.25, -0.2) is 9.79 Å². The Morgan fingerprint density at radius 3 is 2.42 bits per heavy atom. The van der Waals surface area contributed by atoms with Gasteiger partial charge in [-0.2, -0.15) is 0 Å². The van der Waals surface area contributed by atoms with E-state index in [0.29, 0.717) is 66.8 Å². The first kappa shape index (κ1) is 33.9.